The summed E-state index contributed by atoms with van der Waals surface area (Å²) in [6, 6.07) is 13.4. The number of benzene rings is 2. The number of carbonyl (C=O) groups is 1. The first kappa shape index (κ1) is 19.7. The molecule has 2 aromatic carbocycles. The van der Waals surface area contributed by atoms with Gasteiger partial charge in [0.05, 0.1) is 12.3 Å². The van der Waals surface area contributed by atoms with Crippen LogP contribution in [-0.2, 0) is 0 Å². The number of hydrogen-bond acceptors (Lipinski definition) is 5. The molecule has 0 saturated heterocycles. The molecule has 0 fully saturated rings. The van der Waals surface area contributed by atoms with Gasteiger partial charge in [0.25, 0.3) is 5.91 Å². The van der Waals surface area contributed by atoms with Crippen LogP contribution in [0.4, 0.5) is 0 Å². The molecule has 0 saturated carbocycles. The van der Waals surface area contributed by atoms with Crippen molar-refractivity contribution in [2.24, 2.45) is 0 Å². The molecule has 0 bridgehead atoms. The van der Waals surface area contributed by atoms with Crippen LogP contribution in [0.5, 0.6) is 0 Å². The number of aryl methyl sites for hydroxylation is 1. The van der Waals surface area contributed by atoms with Gasteiger partial charge in [0.2, 0.25) is 0 Å². The lowest BCUT2D eigenvalue weighted by molar-refractivity contribution is 0.0922. The van der Waals surface area contributed by atoms with Crippen LogP contribution in [0.2, 0.25) is 0 Å². The quantitative estimate of drug-likeness (QED) is 0.687. The minimum absolute atomic E-state index is 0.124. The Morgan fingerprint density at radius 2 is 1.82 bits per heavy atom. The van der Waals surface area contributed by atoms with Gasteiger partial charge in [0, 0.05) is 17.5 Å². The Labute approximate surface area is 164 Å². The van der Waals surface area contributed by atoms with E-state index < -0.39 is 0 Å². The number of nitrogens with one attached hydrogen (secondary N) is 1. The van der Waals surface area contributed by atoms with E-state index in [4.69, 9.17) is 0 Å². The summed E-state index contributed by atoms with van der Waals surface area (Å²) in [7, 11) is 0. The SMILES string of the molecule is Cc1ccc(-c2cc(C(=O)NC(C)CO)cc(-n3nnnc3C(C)C)c2)cc1. The van der Waals surface area contributed by atoms with Crippen LogP contribution in [0.15, 0.2) is 42.5 Å². The van der Waals surface area contributed by atoms with E-state index in [1.54, 1.807) is 17.7 Å². The van der Waals surface area contributed by atoms with Gasteiger partial charge < -0.3 is 10.4 Å². The van der Waals surface area contributed by atoms with Crippen molar-refractivity contribution < 1.29 is 9.90 Å². The average molecular weight is 379 g/mol. The van der Waals surface area contributed by atoms with Crippen LogP contribution in [0, 0.1) is 6.92 Å². The van der Waals surface area contributed by atoms with Gasteiger partial charge in [-0.1, -0.05) is 43.7 Å². The molecular weight excluding hydrogens is 354 g/mol. The second-order valence-electron chi connectivity index (χ2n) is 7.30. The van der Waals surface area contributed by atoms with Crippen molar-refractivity contribution in [2.45, 2.75) is 39.7 Å². The third-order valence-electron chi connectivity index (χ3n) is 4.47. The molecule has 0 radical (unpaired) electrons. The number of hydrogen-bond donors (Lipinski definition) is 2. The summed E-state index contributed by atoms with van der Waals surface area (Å²) in [6.07, 6.45) is 0. The number of tetrazole rings is 1. The Bertz CT molecular complexity index is 963. The van der Waals surface area contributed by atoms with Crippen molar-refractivity contribution in [3.8, 4) is 16.8 Å². The lowest BCUT2D eigenvalue weighted by atomic mass is 10.0. The summed E-state index contributed by atoms with van der Waals surface area (Å²) < 4.78 is 1.66. The average Bonchev–Trinajstić information content (AvgIpc) is 3.18. The van der Waals surface area contributed by atoms with Crippen molar-refractivity contribution in [2.75, 3.05) is 6.61 Å². The molecular formula is C21H25N5O2. The minimum Gasteiger partial charge on any atom is -0.394 e. The molecule has 1 atom stereocenters. The second kappa shape index (κ2) is 8.31. The lowest BCUT2D eigenvalue weighted by Crippen LogP contribution is -2.35. The van der Waals surface area contributed by atoms with E-state index in [-0.39, 0.29) is 24.5 Å². The van der Waals surface area contributed by atoms with E-state index in [0.717, 1.165) is 22.5 Å². The van der Waals surface area contributed by atoms with Crippen LogP contribution in [-0.4, -0.2) is 43.9 Å². The monoisotopic (exact) mass is 379 g/mol. The highest BCUT2D eigenvalue weighted by atomic mass is 16.3. The molecule has 7 heteroatoms. The van der Waals surface area contributed by atoms with Crippen LogP contribution in [0.3, 0.4) is 0 Å². The molecule has 1 unspecified atom stereocenters. The fourth-order valence-corrected chi connectivity index (χ4v) is 2.87. The van der Waals surface area contributed by atoms with Gasteiger partial charge in [0.15, 0.2) is 5.82 Å². The van der Waals surface area contributed by atoms with E-state index in [1.165, 1.54) is 0 Å². The molecule has 1 heterocycles. The summed E-state index contributed by atoms with van der Waals surface area (Å²) in [6.45, 7) is 7.69. The van der Waals surface area contributed by atoms with Gasteiger partial charge in [-0.25, -0.2) is 0 Å². The van der Waals surface area contributed by atoms with Gasteiger partial charge in [-0.15, -0.1) is 5.10 Å². The Morgan fingerprint density at radius 3 is 2.46 bits per heavy atom. The molecule has 1 aromatic heterocycles. The lowest BCUT2D eigenvalue weighted by Gasteiger charge is -2.14. The standard InChI is InChI=1S/C21H25N5O2/c1-13(2)20-23-24-25-26(20)19-10-17(16-7-5-14(3)6-8-16)9-18(11-19)21(28)22-15(4)12-27/h5-11,13,15,27H,12H2,1-4H3,(H,22,28). The van der Waals surface area contributed by atoms with Gasteiger partial charge in [-0.2, -0.15) is 4.68 Å². The topological polar surface area (TPSA) is 92.9 Å². The first-order valence-corrected chi connectivity index (χ1v) is 9.31. The predicted octanol–water partition coefficient (Wildman–Crippen LogP) is 2.87. The van der Waals surface area contributed by atoms with Crippen molar-refractivity contribution in [3.05, 3.63) is 59.4 Å². The Balaban J connectivity index is 2.12. The van der Waals surface area contributed by atoms with Gasteiger partial charge in [-0.3, -0.25) is 4.79 Å². The van der Waals surface area contributed by atoms with Gasteiger partial charge in [-0.05, 0) is 53.6 Å². The van der Waals surface area contributed by atoms with E-state index in [2.05, 4.69) is 20.8 Å². The fourth-order valence-electron chi connectivity index (χ4n) is 2.87. The summed E-state index contributed by atoms with van der Waals surface area (Å²) in [4.78, 5) is 12.7. The zero-order chi connectivity index (χ0) is 20.3. The maximum Gasteiger partial charge on any atom is 0.251 e. The van der Waals surface area contributed by atoms with E-state index in [1.807, 2.05) is 57.2 Å². The molecule has 1 amide bonds. The zero-order valence-electron chi connectivity index (χ0n) is 16.5. The third-order valence-corrected chi connectivity index (χ3v) is 4.47. The molecule has 7 nitrogen and oxygen atoms in total. The van der Waals surface area contributed by atoms with E-state index in [0.29, 0.717) is 11.3 Å². The number of aliphatic hydroxyl groups is 1. The molecule has 0 aliphatic rings. The normalized spacial score (nSPS) is 12.2. The molecule has 0 aliphatic carbocycles. The van der Waals surface area contributed by atoms with Crippen LogP contribution in [0.1, 0.15) is 48.4 Å². The summed E-state index contributed by atoms with van der Waals surface area (Å²) in [5.41, 5.74) is 4.25. The predicted molar refractivity (Wildman–Crippen MR) is 107 cm³/mol. The van der Waals surface area contributed by atoms with Crippen molar-refractivity contribution in [3.63, 3.8) is 0 Å². The molecule has 146 valence electrons. The van der Waals surface area contributed by atoms with E-state index >= 15 is 0 Å². The Hall–Kier alpha value is -3.06. The van der Waals surface area contributed by atoms with E-state index in [9.17, 15) is 9.90 Å². The maximum atomic E-state index is 12.7. The third kappa shape index (κ3) is 4.26. The molecule has 0 aliphatic heterocycles. The van der Waals surface area contributed by atoms with Crippen molar-refractivity contribution in [1.82, 2.24) is 25.5 Å². The molecule has 28 heavy (non-hydrogen) atoms. The molecule has 0 spiro atoms. The number of aliphatic hydroxyl groups excluding tert-OH is 1. The van der Waals surface area contributed by atoms with Gasteiger partial charge >= 0.3 is 0 Å². The Kier molecular flexibility index (Phi) is 5.84. The largest absolute Gasteiger partial charge is 0.394 e. The number of carbonyl (C=O) groups excluding carboxylic acids is 1. The van der Waals surface area contributed by atoms with Gasteiger partial charge in [0.1, 0.15) is 0 Å². The van der Waals surface area contributed by atoms with Crippen molar-refractivity contribution in [1.29, 1.82) is 0 Å². The van der Waals surface area contributed by atoms with Crippen molar-refractivity contribution >= 4 is 5.91 Å². The summed E-state index contributed by atoms with van der Waals surface area (Å²) in [5.74, 6) is 0.594. The highest BCUT2D eigenvalue weighted by Crippen LogP contribution is 2.26. The minimum atomic E-state index is -0.335. The Morgan fingerprint density at radius 1 is 1.11 bits per heavy atom. The highest BCUT2D eigenvalue weighted by Gasteiger charge is 2.17. The fraction of sp³-hybridized carbons (Fsp3) is 0.333. The second-order valence-corrected chi connectivity index (χ2v) is 7.30. The zero-order valence-corrected chi connectivity index (χ0v) is 16.5. The summed E-state index contributed by atoms with van der Waals surface area (Å²) >= 11 is 0. The smallest absolute Gasteiger partial charge is 0.251 e. The molecule has 3 aromatic rings. The number of nitrogens with zero attached hydrogens (tertiary/aromatic N) is 4. The number of aromatic nitrogens is 4. The summed E-state index contributed by atoms with van der Waals surface area (Å²) in [5, 5.41) is 24.1. The molecule has 3 rings (SSSR count). The number of amides is 1. The van der Waals surface area contributed by atoms with Crippen LogP contribution in [0.25, 0.3) is 16.8 Å². The highest BCUT2D eigenvalue weighted by molar-refractivity contribution is 5.96. The van der Waals surface area contributed by atoms with Crippen LogP contribution >= 0.6 is 0 Å². The first-order valence-electron chi connectivity index (χ1n) is 9.31. The maximum absolute atomic E-state index is 12.7. The first-order chi connectivity index (χ1) is 13.4. The number of rotatable bonds is 6. The molecule has 2 N–H and O–H groups in total. The van der Waals surface area contributed by atoms with Crippen LogP contribution < -0.4 is 5.32 Å².